The highest BCUT2D eigenvalue weighted by Crippen LogP contribution is 2.39. The van der Waals surface area contributed by atoms with Crippen molar-refractivity contribution >= 4 is 58.2 Å². The van der Waals surface area contributed by atoms with E-state index in [4.69, 9.17) is 41.8 Å². The third kappa shape index (κ3) is 4.69. The maximum Gasteiger partial charge on any atom is 0.339 e. The van der Waals surface area contributed by atoms with Gasteiger partial charge in [-0.1, -0.05) is 23.2 Å². The Kier molecular flexibility index (Phi) is 6.70. The molecule has 3 aromatic rings. The van der Waals surface area contributed by atoms with E-state index in [1.54, 1.807) is 49.4 Å². The number of halogens is 2. The van der Waals surface area contributed by atoms with Crippen molar-refractivity contribution in [1.82, 2.24) is 4.90 Å². The number of nitrogens with zero attached hydrogens (tertiary/aromatic N) is 1. The predicted octanol–water partition coefficient (Wildman–Crippen LogP) is 6.40. The number of rotatable bonds is 6. The van der Waals surface area contributed by atoms with Crippen molar-refractivity contribution in [2.45, 2.75) is 13.5 Å². The summed E-state index contributed by atoms with van der Waals surface area (Å²) in [5.74, 6) is 0.842. The molecule has 1 aromatic heterocycles. The second-order valence-electron chi connectivity index (χ2n) is 7.68. The van der Waals surface area contributed by atoms with E-state index in [0.717, 1.165) is 16.7 Å². The minimum atomic E-state index is -0.535. The predicted molar refractivity (Wildman–Crippen MR) is 134 cm³/mol. The van der Waals surface area contributed by atoms with Crippen LogP contribution in [0.2, 0.25) is 10.0 Å². The van der Waals surface area contributed by atoms with Gasteiger partial charge in [-0.25, -0.2) is 4.79 Å². The number of esters is 1. The molecule has 2 amide bonds. The van der Waals surface area contributed by atoms with Crippen LogP contribution in [0.3, 0.4) is 0 Å². The Morgan fingerprint density at radius 3 is 2.64 bits per heavy atom. The largest absolute Gasteiger partial charge is 0.462 e. The highest BCUT2D eigenvalue weighted by atomic mass is 35.5. The van der Waals surface area contributed by atoms with E-state index < -0.39 is 17.1 Å². The number of benzene rings is 2. The summed E-state index contributed by atoms with van der Waals surface area (Å²) >= 11 is 13.2. The van der Waals surface area contributed by atoms with Crippen LogP contribution in [0.4, 0.5) is 4.79 Å². The van der Waals surface area contributed by atoms with Gasteiger partial charge < -0.3 is 18.6 Å². The molecule has 0 spiro atoms. The summed E-state index contributed by atoms with van der Waals surface area (Å²) in [6.07, 6.45) is 1.50. The van der Waals surface area contributed by atoms with Crippen molar-refractivity contribution in [3.8, 4) is 22.8 Å². The minimum absolute atomic E-state index is 0.0116. The molecule has 1 saturated heterocycles. The molecule has 1 fully saturated rings. The topological polar surface area (TPSA) is 95.3 Å². The van der Waals surface area contributed by atoms with E-state index in [1.165, 1.54) is 6.08 Å². The van der Waals surface area contributed by atoms with Crippen LogP contribution in [0, 0.1) is 0 Å². The van der Waals surface area contributed by atoms with E-state index in [-0.39, 0.29) is 35.4 Å². The number of amides is 2. The van der Waals surface area contributed by atoms with Gasteiger partial charge in [-0.2, -0.15) is 0 Å². The molecule has 2 aliphatic heterocycles. The number of fused-ring (bicyclic) bond motifs is 1. The molecule has 0 radical (unpaired) electrons. The third-order valence-corrected chi connectivity index (χ3v) is 6.98. The lowest BCUT2D eigenvalue weighted by molar-refractivity contribution is -0.123. The van der Waals surface area contributed by atoms with Crippen LogP contribution in [0.25, 0.3) is 17.4 Å². The van der Waals surface area contributed by atoms with Gasteiger partial charge in [-0.15, -0.1) is 0 Å². The first-order chi connectivity index (χ1) is 17.3. The molecule has 36 heavy (non-hydrogen) atoms. The first-order valence-electron chi connectivity index (χ1n) is 10.7. The fourth-order valence-corrected chi connectivity index (χ4v) is 4.87. The molecule has 0 N–H and O–H groups in total. The van der Waals surface area contributed by atoms with Crippen LogP contribution in [-0.4, -0.2) is 35.4 Å². The molecule has 0 atom stereocenters. The molecule has 0 bridgehead atoms. The Hall–Kier alpha value is -3.40. The zero-order chi connectivity index (χ0) is 25.4. The molecule has 184 valence electrons. The SMILES string of the molecule is CCOC(=O)c1cc(-c2ccc(/C=C3\SC(=O)N(Cc4cc5c(cc4Cl)OCO5)C3=O)o2)ccc1Cl. The van der Waals surface area contributed by atoms with Gasteiger partial charge in [0.25, 0.3) is 11.1 Å². The van der Waals surface area contributed by atoms with Crippen LogP contribution >= 0.6 is 35.0 Å². The molecule has 2 aromatic carbocycles. The molecule has 0 unspecified atom stereocenters. The molecule has 2 aliphatic rings. The Labute approximate surface area is 219 Å². The van der Waals surface area contributed by atoms with Crippen molar-refractivity contribution < 1.29 is 33.0 Å². The maximum atomic E-state index is 13.0. The summed E-state index contributed by atoms with van der Waals surface area (Å²) in [5.41, 5.74) is 1.38. The molecule has 5 rings (SSSR count). The summed E-state index contributed by atoms with van der Waals surface area (Å²) < 4.78 is 21.5. The molecule has 11 heteroatoms. The highest BCUT2D eigenvalue weighted by molar-refractivity contribution is 8.18. The van der Waals surface area contributed by atoms with Gasteiger partial charge in [0.05, 0.1) is 28.6 Å². The summed E-state index contributed by atoms with van der Waals surface area (Å²) in [6.45, 7) is 2.01. The van der Waals surface area contributed by atoms with Gasteiger partial charge in [-0.05, 0) is 60.6 Å². The lowest BCUT2D eigenvalue weighted by Crippen LogP contribution is -2.27. The second-order valence-corrected chi connectivity index (χ2v) is 9.49. The molecule has 8 nitrogen and oxygen atoms in total. The minimum Gasteiger partial charge on any atom is -0.462 e. The number of furan rings is 1. The van der Waals surface area contributed by atoms with Gasteiger partial charge in [0.1, 0.15) is 11.5 Å². The molecular weight excluding hydrogens is 529 g/mol. The fourth-order valence-electron chi connectivity index (χ4n) is 3.65. The van der Waals surface area contributed by atoms with Crippen LogP contribution in [-0.2, 0) is 16.1 Å². The number of carbonyl (C=O) groups excluding carboxylic acids is 3. The Morgan fingerprint density at radius 2 is 1.86 bits per heavy atom. The molecule has 0 aliphatic carbocycles. The fraction of sp³-hybridized carbons (Fsp3) is 0.160. The summed E-state index contributed by atoms with van der Waals surface area (Å²) in [6, 6.07) is 11.5. The maximum absolute atomic E-state index is 13.0. The van der Waals surface area contributed by atoms with Crippen molar-refractivity contribution in [2.24, 2.45) is 0 Å². The molecule has 3 heterocycles. The van der Waals surface area contributed by atoms with Crippen LogP contribution in [0.5, 0.6) is 11.5 Å². The quantitative estimate of drug-likeness (QED) is 0.259. The number of ether oxygens (including phenoxy) is 3. The number of hydrogen-bond acceptors (Lipinski definition) is 8. The van der Waals surface area contributed by atoms with Gasteiger partial charge in [0, 0.05) is 22.7 Å². The van der Waals surface area contributed by atoms with E-state index >= 15 is 0 Å². The lowest BCUT2D eigenvalue weighted by Gasteiger charge is -2.14. The summed E-state index contributed by atoms with van der Waals surface area (Å²) in [7, 11) is 0. The Balaban J connectivity index is 1.35. The molecular formula is C25H17Cl2NO7S. The van der Waals surface area contributed by atoms with Crippen molar-refractivity contribution in [3.63, 3.8) is 0 Å². The zero-order valence-electron chi connectivity index (χ0n) is 18.7. The Morgan fingerprint density at radius 1 is 1.08 bits per heavy atom. The third-order valence-electron chi connectivity index (χ3n) is 5.39. The number of thioether (sulfide) groups is 1. The van der Waals surface area contributed by atoms with E-state index in [2.05, 4.69) is 0 Å². The van der Waals surface area contributed by atoms with E-state index in [1.807, 2.05) is 0 Å². The molecule has 0 saturated carbocycles. The number of imide groups is 1. The number of hydrogen-bond donors (Lipinski definition) is 0. The van der Waals surface area contributed by atoms with Crippen LogP contribution in [0.1, 0.15) is 28.6 Å². The zero-order valence-corrected chi connectivity index (χ0v) is 21.0. The summed E-state index contributed by atoms with van der Waals surface area (Å²) in [5, 5.41) is 0.201. The monoisotopic (exact) mass is 545 g/mol. The van der Waals surface area contributed by atoms with Crippen molar-refractivity contribution in [2.75, 3.05) is 13.4 Å². The van der Waals surface area contributed by atoms with Crippen LogP contribution < -0.4 is 9.47 Å². The van der Waals surface area contributed by atoms with Gasteiger partial charge in [-0.3, -0.25) is 14.5 Å². The lowest BCUT2D eigenvalue weighted by atomic mass is 10.1. The average Bonchev–Trinajstić information content (AvgIpc) is 3.56. The van der Waals surface area contributed by atoms with Crippen LogP contribution in [0.15, 0.2) is 51.8 Å². The smallest absolute Gasteiger partial charge is 0.339 e. The van der Waals surface area contributed by atoms with E-state index in [0.29, 0.717) is 39.2 Å². The second kappa shape index (κ2) is 9.93. The number of carbonyl (C=O) groups is 3. The Bertz CT molecular complexity index is 1430. The first-order valence-corrected chi connectivity index (χ1v) is 12.3. The normalized spacial score (nSPS) is 15.8. The first kappa shape index (κ1) is 24.3. The summed E-state index contributed by atoms with van der Waals surface area (Å²) in [4.78, 5) is 39.0. The van der Waals surface area contributed by atoms with Gasteiger partial charge in [0.2, 0.25) is 6.79 Å². The van der Waals surface area contributed by atoms with E-state index in [9.17, 15) is 14.4 Å². The van der Waals surface area contributed by atoms with Gasteiger partial charge >= 0.3 is 5.97 Å². The average molecular weight is 546 g/mol. The highest BCUT2D eigenvalue weighted by Gasteiger charge is 2.36. The van der Waals surface area contributed by atoms with Crippen molar-refractivity contribution in [3.05, 3.63) is 74.3 Å². The standard InChI is InChI=1S/C25H17Cl2NO7S/c1-2-32-24(30)16-7-13(3-5-17(16)26)19-6-4-15(35-19)9-22-23(29)28(25(31)36-22)11-14-8-20-21(10-18(14)27)34-12-33-20/h3-10H,2,11-12H2,1H3/b22-9-. The van der Waals surface area contributed by atoms with Gasteiger partial charge in [0.15, 0.2) is 11.5 Å². The van der Waals surface area contributed by atoms with Crippen molar-refractivity contribution in [1.29, 1.82) is 0 Å².